The highest BCUT2D eigenvalue weighted by Crippen LogP contribution is 2.33. The predicted octanol–water partition coefficient (Wildman–Crippen LogP) is 6.08. The SMILES string of the molecule is CC1=C(CCc2ncc(C(F)(F)F)cc2F)C=CC(c2cnc(C(C)C)[nH]2)C1. The van der Waals surface area contributed by atoms with Gasteiger partial charge in [-0.05, 0) is 37.8 Å². The fraction of sp³-hybridized carbons (Fsp3) is 0.429. The van der Waals surface area contributed by atoms with Gasteiger partial charge in [-0.3, -0.25) is 4.98 Å². The number of pyridine rings is 1. The number of nitrogens with zero attached hydrogens (tertiary/aromatic N) is 2. The number of hydrogen-bond donors (Lipinski definition) is 1. The molecular formula is C21H23F4N3. The molecule has 3 rings (SSSR count). The molecule has 1 N–H and O–H groups in total. The van der Waals surface area contributed by atoms with Gasteiger partial charge >= 0.3 is 6.18 Å². The zero-order valence-electron chi connectivity index (χ0n) is 16.1. The van der Waals surface area contributed by atoms with E-state index in [9.17, 15) is 17.6 Å². The Morgan fingerprint density at radius 3 is 2.50 bits per heavy atom. The number of alkyl halides is 3. The second-order valence-corrected chi connectivity index (χ2v) is 7.50. The number of allylic oxidation sites excluding steroid dienone is 4. The third-order valence-corrected chi connectivity index (χ3v) is 5.04. The van der Waals surface area contributed by atoms with E-state index in [1.807, 2.05) is 19.2 Å². The minimum Gasteiger partial charge on any atom is -0.345 e. The first kappa shape index (κ1) is 20.3. The molecule has 28 heavy (non-hydrogen) atoms. The second kappa shape index (κ2) is 7.89. The lowest BCUT2D eigenvalue weighted by atomic mass is 9.87. The van der Waals surface area contributed by atoms with Crippen LogP contribution in [-0.4, -0.2) is 15.0 Å². The third kappa shape index (κ3) is 4.51. The number of nitrogens with one attached hydrogen (secondary N) is 1. The van der Waals surface area contributed by atoms with Crippen LogP contribution in [0.4, 0.5) is 17.6 Å². The van der Waals surface area contributed by atoms with Crippen LogP contribution >= 0.6 is 0 Å². The van der Waals surface area contributed by atoms with Crippen LogP contribution in [0.15, 0.2) is 41.8 Å². The van der Waals surface area contributed by atoms with Gasteiger partial charge in [0.15, 0.2) is 0 Å². The van der Waals surface area contributed by atoms with Crippen molar-refractivity contribution in [2.45, 2.75) is 58.0 Å². The molecule has 1 unspecified atom stereocenters. The monoisotopic (exact) mass is 393 g/mol. The lowest BCUT2D eigenvalue weighted by molar-refractivity contribution is -0.138. The minimum absolute atomic E-state index is 0.0546. The van der Waals surface area contributed by atoms with E-state index in [-0.39, 0.29) is 18.0 Å². The highest BCUT2D eigenvalue weighted by atomic mass is 19.4. The van der Waals surface area contributed by atoms with E-state index < -0.39 is 17.6 Å². The minimum atomic E-state index is -4.59. The standard InChI is InChI=1S/C21H23F4N3/c1-12(2)20-27-11-19(28-20)15-5-4-14(13(3)8-15)6-7-18-17(22)9-16(10-26-18)21(23,24)25/h4-5,9-12,15H,6-8H2,1-3H3,(H,27,28). The molecule has 3 nitrogen and oxygen atoms in total. The summed E-state index contributed by atoms with van der Waals surface area (Å²) < 4.78 is 51.8. The molecule has 0 saturated heterocycles. The van der Waals surface area contributed by atoms with Crippen LogP contribution in [0.5, 0.6) is 0 Å². The molecule has 0 amide bonds. The first-order valence-corrected chi connectivity index (χ1v) is 9.28. The Labute approximate surface area is 161 Å². The fourth-order valence-corrected chi connectivity index (χ4v) is 3.31. The van der Waals surface area contributed by atoms with E-state index in [4.69, 9.17) is 0 Å². The Hall–Kier alpha value is -2.44. The van der Waals surface area contributed by atoms with Gasteiger partial charge in [0.1, 0.15) is 11.6 Å². The van der Waals surface area contributed by atoms with Gasteiger partial charge < -0.3 is 4.98 Å². The predicted molar refractivity (Wildman–Crippen MR) is 99.4 cm³/mol. The molecule has 0 spiro atoms. The largest absolute Gasteiger partial charge is 0.417 e. The Kier molecular flexibility index (Phi) is 5.72. The van der Waals surface area contributed by atoms with E-state index in [0.29, 0.717) is 24.6 Å². The summed E-state index contributed by atoms with van der Waals surface area (Å²) in [6, 6.07) is 0.515. The molecule has 0 saturated carbocycles. The molecule has 2 heterocycles. The lowest BCUT2D eigenvalue weighted by Gasteiger charge is -2.20. The van der Waals surface area contributed by atoms with Gasteiger partial charge in [-0.15, -0.1) is 0 Å². The van der Waals surface area contributed by atoms with Gasteiger partial charge in [0, 0.05) is 29.9 Å². The first-order chi connectivity index (χ1) is 13.1. The number of hydrogen-bond acceptors (Lipinski definition) is 2. The number of rotatable bonds is 5. The van der Waals surface area contributed by atoms with Crippen LogP contribution in [0.2, 0.25) is 0 Å². The normalized spacial score (nSPS) is 17.6. The van der Waals surface area contributed by atoms with E-state index in [1.165, 1.54) is 5.57 Å². The van der Waals surface area contributed by atoms with E-state index in [2.05, 4.69) is 34.9 Å². The molecular weight excluding hydrogens is 370 g/mol. The van der Waals surface area contributed by atoms with Gasteiger partial charge in [0.25, 0.3) is 0 Å². The van der Waals surface area contributed by atoms with E-state index in [1.54, 1.807) is 0 Å². The Bertz CT molecular complexity index is 907. The molecule has 2 aromatic heterocycles. The van der Waals surface area contributed by atoms with Gasteiger partial charge in [-0.25, -0.2) is 9.37 Å². The van der Waals surface area contributed by atoms with Gasteiger partial charge in [-0.1, -0.05) is 31.6 Å². The number of aromatic nitrogens is 3. The first-order valence-electron chi connectivity index (χ1n) is 9.28. The highest BCUT2D eigenvalue weighted by molar-refractivity contribution is 5.35. The Morgan fingerprint density at radius 1 is 1.18 bits per heavy atom. The average Bonchev–Trinajstić information content (AvgIpc) is 3.11. The molecule has 150 valence electrons. The maximum atomic E-state index is 14.0. The topological polar surface area (TPSA) is 41.6 Å². The van der Waals surface area contributed by atoms with E-state index >= 15 is 0 Å². The van der Waals surface area contributed by atoms with Gasteiger partial charge in [-0.2, -0.15) is 13.2 Å². The summed E-state index contributed by atoms with van der Waals surface area (Å²) in [4.78, 5) is 11.5. The zero-order valence-corrected chi connectivity index (χ0v) is 16.1. The zero-order chi connectivity index (χ0) is 20.5. The van der Waals surface area contributed by atoms with Crippen LogP contribution in [-0.2, 0) is 12.6 Å². The van der Waals surface area contributed by atoms with Crippen molar-refractivity contribution >= 4 is 0 Å². The second-order valence-electron chi connectivity index (χ2n) is 7.50. The summed E-state index contributed by atoms with van der Waals surface area (Å²) in [5, 5.41) is 0. The molecule has 1 atom stereocenters. The van der Waals surface area contributed by atoms with Crippen LogP contribution in [0.3, 0.4) is 0 Å². The summed E-state index contributed by atoms with van der Waals surface area (Å²) in [7, 11) is 0. The van der Waals surface area contributed by atoms with Crippen molar-refractivity contribution in [2.75, 3.05) is 0 Å². The van der Waals surface area contributed by atoms with Crippen LogP contribution < -0.4 is 0 Å². The van der Waals surface area contributed by atoms with Crippen molar-refractivity contribution in [3.8, 4) is 0 Å². The van der Waals surface area contributed by atoms with Crippen molar-refractivity contribution in [1.82, 2.24) is 15.0 Å². The number of imidazole rings is 1. The number of halogens is 4. The Morgan fingerprint density at radius 2 is 1.93 bits per heavy atom. The van der Waals surface area contributed by atoms with Crippen molar-refractivity contribution in [1.29, 1.82) is 0 Å². The molecule has 1 aliphatic carbocycles. The van der Waals surface area contributed by atoms with Crippen molar-refractivity contribution in [3.05, 3.63) is 70.4 Å². The van der Waals surface area contributed by atoms with E-state index in [0.717, 1.165) is 23.5 Å². The smallest absolute Gasteiger partial charge is 0.345 e. The van der Waals surface area contributed by atoms with Crippen LogP contribution in [0.25, 0.3) is 0 Å². The Balaban J connectivity index is 1.65. The number of aryl methyl sites for hydroxylation is 1. The summed E-state index contributed by atoms with van der Waals surface area (Å²) in [6.45, 7) is 6.19. The molecule has 0 aliphatic heterocycles. The maximum Gasteiger partial charge on any atom is 0.417 e. The summed E-state index contributed by atoms with van der Waals surface area (Å²) >= 11 is 0. The molecule has 0 fully saturated rings. The van der Waals surface area contributed by atoms with Crippen LogP contribution in [0.1, 0.15) is 68.2 Å². The lowest BCUT2D eigenvalue weighted by Crippen LogP contribution is -2.09. The molecule has 0 aromatic carbocycles. The quantitative estimate of drug-likeness (QED) is 0.626. The summed E-state index contributed by atoms with van der Waals surface area (Å²) in [5.41, 5.74) is 2.30. The highest BCUT2D eigenvalue weighted by Gasteiger charge is 2.31. The fourth-order valence-electron chi connectivity index (χ4n) is 3.31. The van der Waals surface area contributed by atoms with Crippen molar-refractivity contribution in [2.24, 2.45) is 0 Å². The van der Waals surface area contributed by atoms with Gasteiger partial charge in [0.05, 0.1) is 11.3 Å². The number of H-pyrrole nitrogens is 1. The maximum absolute atomic E-state index is 14.0. The number of aromatic amines is 1. The summed E-state index contributed by atoms with van der Waals surface area (Å²) in [6.07, 6.45) is 3.69. The molecule has 1 aliphatic rings. The van der Waals surface area contributed by atoms with Crippen molar-refractivity contribution < 1.29 is 17.6 Å². The summed E-state index contributed by atoms with van der Waals surface area (Å²) in [5.74, 6) is 0.591. The van der Waals surface area contributed by atoms with Crippen LogP contribution in [0, 0.1) is 5.82 Å². The van der Waals surface area contributed by atoms with Gasteiger partial charge in [0.2, 0.25) is 0 Å². The van der Waals surface area contributed by atoms with Crippen molar-refractivity contribution in [3.63, 3.8) is 0 Å². The molecule has 7 heteroatoms. The molecule has 2 aromatic rings. The molecule has 0 bridgehead atoms. The average molecular weight is 393 g/mol. The third-order valence-electron chi connectivity index (χ3n) is 5.04. The molecule has 0 radical (unpaired) electrons.